The van der Waals surface area contributed by atoms with Crippen LogP contribution in [0.1, 0.15) is 17.2 Å². The summed E-state index contributed by atoms with van der Waals surface area (Å²) in [5.74, 6) is 1.72. The van der Waals surface area contributed by atoms with Crippen molar-refractivity contribution in [1.29, 1.82) is 0 Å². The van der Waals surface area contributed by atoms with Gasteiger partial charge in [-0.25, -0.2) is 4.98 Å². The van der Waals surface area contributed by atoms with Crippen molar-refractivity contribution in [3.63, 3.8) is 0 Å². The molecule has 0 saturated carbocycles. The van der Waals surface area contributed by atoms with Gasteiger partial charge < -0.3 is 14.9 Å². The largest absolute Gasteiger partial charge is 0.387 e. The Morgan fingerprint density at radius 1 is 1.08 bits per heavy atom. The maximum Gasteiger partial charge on any atom is 0.226 e. The predicted molar refractivity (Wildman–Crippen MR) is 99.0 cm³/mol. The Balaban J connectivity index is 1.42. The molecular weight excluding hydrogens is 314 g/mol. The van der Waals surface area contributed by atoms with Crippen molar-refractivity contribution in [3.05, 3.63) is 47.7 Å². The number of aromatic nitrogens is 2. The second kappa shape index (κ2) is 6.61. The Bertz CT molecular complexity index is 742. The number of benzene rings is 1. The maximum absolute atomic E-state index is 10.7. The van der Waals surface area contributed by atoms with Gasteiger partial charge in [-0.15, -0.1) is 0 Å². The van der Waals surface area contributed by atoms with Crippen LogP contribution in [0.25, 0.3) is 0 Å². The summed E-state index contributed by atoms with van der Waals surface area (Å²) in [4.78, 5) is 15.6. The van der Waals surface area contributed by atoms with Crippen molar-refractivity contribution in [2.45, 2.75) is 18.6 Å². The molecule has 0 spiro atoms. The summed E-state index contributed by atoms with van der Waals surface area (Å²) in [6.45, 7) is 3.72. The molecule has 2 heterocycles. The summed E-state index contributed by atoms with van der Waals surface area (Å²) in [6.07, 6.45) is 2.39. The lowest BCUT2D eigenvalue weighted by atomic mass is 10.1. The molecule has 1 aliphatic heterocycles. The van der Waals surface area contributed by atoms with E-state index in [4.69, 9.17) is 0 Å². The lowest BCUT2D eigenvalue weighted by Crippen LogP contribution is -2.51. The van der Waals surface area contributed by atoms with Crippen LogP contribution in [0, 0.1) is 0 Å². The number of anilines is 2. The first kappa shape index (κ1) is 16.3. The van der Waals surface area contributed by atoms with Gasteiger partial charge in [-0.05, 0) is 23.6 Å². The molecule has 1 N–H and O–H groups in total. The Labute approximate surface area is 148 Å². The van der Waals surface area contributed by atoms with Crippen molar-refractivity contribution in [3.8, 4) is 0 Å². The van der Waals surface area contributed by atoms with Crippen LogP contribution in [0.15, 0.2) is 36.5 Å². The fraction of sp³-hybridized carbons (Fsp3) is 0.474. The number of rotatable bonds is 3. The minimum atomic E-state index is -0.373. The first-order chi connectivity index (χ1) is 12.1. The van der Waals surface area contributed by atoms with Crippen LogP contribution in [0.2, 0.25) is 0 Å². The van der Waals surface area contributed by atoms with Crippen LogP contribution < -0.4 is 9.80 Å². The molecule has 0 amide bonds. The van der Waals surface area contributed by atoms with Gasteiger partial charge in [0.05, 0.1) is 6.10 Å². The quantitative estimate of drug-likeness (QED) is 0.910. The van der Waals surface area contributed by atoms with Gasteiger partial charge in [-0.3, -0.25) is 4.90 Å². The zero-order valence-corrected chi connectivity index (χ0v) is 14.8. The number of hydrogen-bond acceptors (Lipinski definition) is 6. The van der Waals surface area contributed by atoms with Gasteiger partial charge in [0.15, 0.2) is 0 Å². The fourth-order valence-electron chi connectivity index (χ4n) is 3.90. The topological polar surface area (TPSA) is 55.7 Å². The summed E-state index contributed by atoms with van der Waals surface area (Å²) in [6, 6.07) is 10.4. The zero-order valence-electron chi connectivity index (χ0n) is 14.8. The van der Waals surface area contributed by atoms with E-state index in [-0.39, 0.29) is 12.1 Å². The van der Waals surface area contributed by atoms with E-state index in [1.165, 1.54) is 5.56 Å². The molecule has 2 aliphatic rings. The number of nitrogens with zero attached hydrogens (tertiary/aromatic N) is 5. The standard InChI is InChI=1S/C19H25N5O/c1-22(2)19-20-8-7-17(21-19)24-11-9-23(10-12-24)16-13-14-5-3-4-6-15(14)18(16)25/h3-8,16,18,25H,9-13H2,1-2H3/t16-,18-/m1/s1. The minimum Gasteiger partial charge on any atom is -0.387 e. The zero-order chi connectivity index (χ0) is 17.4. The second-order valence-corrected chi connectivity index (χ2v) is 7.05. The Hall–Kier alpha value is -2.18. The van der Waals surface area contributed by atoms with E-state index in [1.54, 1.807) is 0 Å². The highest BCUT2D eigenvalue weighted by Crippen LogP contribution is 2.34. The van der Waals surface area contributed by atoms with E-state index in [1.807, 2.05) is 37.3 Å². The monoisotopic (exact) mass is 339 g/mol. The number of piperazine rings is 1. The normalized spacial score (nSPS) is 23.6. The van der Waals surface area contributed by atoms with Gasteiger partial charge in [0.1, 0.15) is 5.82 Å². The third-order valence-corrected chi connectivity index (χ3v) is 5.30. The molecule has 132 valence electrons. The van der Waals surface area contributed by atoms with Gasteiger partial charge >= 0.3 is 0 Å². The third kappa shape index (κ3) is 3.07. The Morgan fingerprint density at radius 3 is 2.56 bits per heavy atom. The van der Waals surface area contributed by atoms with Gasteiger partial charge in [0.2, 0.25) is 5.95 Å². The van der Waals surface area contributed by atoms with E-state index in [9.17, 15) is 5.11 Å². The maximum atomic E-state index is 10.7. The lowest BCUT2D eigenvalue weighted by Gasteiger charge is -2.39. The minimum absolute atomic E-state index is 0.197. The average Bonchev–Trinajstić information content (AvgIpc) is 2.99. The van der Waals surface area contributed by atoms with Crippen molar-refractivity contribution in [2.24, 2.45) is 0 Å². The molecule has 0 radical (unpaired) electrons. The van der Waals surface area contributed by atoms with Gasteiger partial charge in [0.25, 0.3) is 0 Å². The molecule has 1 fully saturated rings. The Morgan fingerprint density at radius 2 is 1.84 bits per heavy atom. The second-order valence-electron chi connectivity index (χ2n) is 7.05. The van der Waals surface area contributed by atoms with Crippen LogP contribution in [0.5, 0.6) is 0 Å². The third-order valence-electron chi connectivity index (χ3n) is 5.30. The van der Waals surface area contributed by atoms with E-state index < -0.39 is 0 Å². The molecule has 6 heteroatoms. The molecule has 1 aromatic carbocycles. The number of aliphatic hydroxyl groups excluding tert-OH is 1. The SMILES string of the molecule is CN(C)c1nccc(N2CCN([C@@H]3Cc4ccccc4[C@H]3O)CC2)n1. The van der Waals surface area contributed by atoms with Crippen LogP contribution in [-0.4, -0.2) is 66.3 Å². The lowest BCUT2D eigenvalue weighted by molar-refractivity contribution is 0.0571. The van der Waals surface area contributed by atoms with Gasteiger partial charge in [-0.1, -0.05) is 24.3 Å². The summed E-state index contributed by atoms with van der Waals surface area (Å²) >= 11 is 0. The highest BCUT2D eigenvalue weighted by atomic mass is 16.3. The van der Waals surface area contributed by atoms with Gasteiger partial charge in [0, 0.05) is 52.5 Å². The van der Waals surface area contributed by atoms with Crippen LogP contribution in [0.4, 0.5) is 11.8 Å². The Kier molecular flexibility index (Phi) is 4.31. The highest BCUT2D eigenvalue weighted by Gasteiger charge is 2.36. The molecule has 25 heavy (non-hydrogen) atoms. The summed E-state index contributed by atoms with van der Waals surface area (Å²) in [5, 5.41) is 10.7. The number of fused-ring (bicyclic) bond motifs is 1. The first-order valence-corrected chi connectivity index (χ1v) is 8.89. The fourth-order valence-corrected chi connectivity index (χ4v) is 3.90. The summed E-state index contributed by atoms with van der Waals surface area (Å²) in [7, 11) is 3.91. The molecular formula is C19H25N5O. The van der Waals surface area contributed by atoms with Crippen LogP contribution in [-0.2, 0) is 6.42 Å². The molecule has 1 saturated heterocycles. The van der Waals surface area contributed by atoms with Gasteiger partial charge in [-0.2, -0.15) is 4.98 Å². The molecule has 2 atom stereocenters. The van der Waals surface area contributed by atoms with E-state index >= 15 is 0 Å². The van der Waals surface area contributed by atoms with Crippen LogP contribution in [0.3, 0.4) is 0 Å². The molecule has 4 rings (SSSR count). The average molecular weight is 339 g/mol. The van der Waals surface area contributed by atoms with E-state index in [0.29, 0.717) is 0 Å². The number of aliphatic hydroxyl groups is 1. The first-order valence-electron chi connectivity index (χ1n) is 8.89. The predicted octanol–water partition coefficient (Wildman–Crippen LogP) is 1.32. The van der Waals surface area contributed by atoms with Crippen molar-refractivity contribution < 1.29 is 5.11 Å². The smallest absolute Gasteiger partial charge is 0.226 e. The van der Waals surface area contributed by atoms with Crippen molar-refractivity contribution in [2.75, 3.05) is 50.1 Å². The van der Waals surface area contributed by atoms with Crippen LogP contribution >= 0.6 is 0 Å². The van der Waals surface area contributed by atoms with E-state index in [2.05, 4.69) is 38.0 Å². The molecule has 6 nitrogen and oxygen atoms in total. The summed E-state index contributed by atoms with van der Waals surface area (Å²) < 4.78 is 0. The molecule has 2 aromatic rings. The van der Waals surface area contributed by atoms with E-state index in [0.717, 1.165) is 49.9 Å². The molecule has 1 aliphatic carbocycles. The molecule has 0 unspecified atom stereocenters. The molecule has 0 bridgehead atoms. The summed E-state index contributed by atoms with van der Waals surface area (Å²) in [5.41, 5.74) is 2.38. The highest BCUT2D eigenvalue weighted by molar-refractivity contribution is 5.43. The van der Waals surface area contributed by atoms with Crippen molar-refractivity contribution >= 4 is 11.8 Å². The number of hydrogen-bond donors (Lipinski definition) is 1. The van der Waals surface area contributed by atoms with Crippen molar-refractivity contribution in [1.82, 2.24) is 14.9 Å². The molecule has 1 aromatic heterocycles.